The maximum absolute atomic E-state index is 13.7. The van der Waals surface area contributed by atoms with E-state index in [0.717, 1.165) is 0 Å². The molecular formula is C15H9ClFNO2. The lowest BCUT2D eigenvalue weighted by Crippen LogP contribution is -2.29. The van der Waals surface area contributed by atoms with Gasteiger partial charge in [-0.05, 0) is 18.2 Å². The van der Waals surface area contributed by atoms with E-state index in [1.165, 1.54) is 11.0 Å². The maximum Gasteiger partial charge on any atom is 0.299 e. The summed E-state index contributed by atoms with van der Waals surface area (Å²) in [7, 11) is 0. The molecule has 1 aliphatic rings. The number of Topliss-reactive ketones (excluding diaryl/α,β-unsaturated/α-hetero) is 1. The fourth-order valence-electron chi connectivity index (χ4n) is 2.26. The van der Waals surface area contributed by atoms with Gasteiger partial charge in [0.05, 0.1) is 22.8 Å². The maximum atomic E-state index is 13.7. The average Bonchev–Trinajstić information content (AvgIpc) is 2.67. The molecule has 1 aliphatic heterocycles. The van der Waals surface area contributed by atoms with E-state index in [2.05, 4.69) is 0 Å². The van der Waals surface area contributed by atoms with Gasteiger partial charge in [-0.15, -0.1) is 0 Å². The van der Waals surface area contributed by atoms with E-state index in [4.69, 9.17) is 11.6 Å². The van der Waals surface area contributed by atoms with E-state index in [-0.39, 0.29) is 17.1 Å². The Morgan fingerprint density at radius 2 is 1.80 bits per heavy atom. The first kappa shape index (κ1) is 12.8. The van der Waals surface area contributed by atoms with E-state index in [0.29, 0.717) is 11.3 Å². The summed E-state index contributed by atoms with van der Waals surface area (Å²) in [6.07, 6.45) is 0. The second-order valence-electron chi connectivity index (χ2n) is 4.45. The summed E-state index contributed by atoms with van der Waals surface area (Å²) in [5.41, 5.74) is 0.965. The first-order valence-corrected chi connectivity index (χ1v) is 6.35. The Morgan fingerprint density at radius 3 is 2.55 bits per heavy atom. The molecule has 0 radical (unpaired) electrons. The summed E-state index contributed by atoms with van der Waals surface area (Å²) in [4.78, 5) is 25.2. The molecule has 0 aromatic heterocycles. The first-order chi connectivity index (χ1) is 9.59. The monoisotopic (exact) mass is 289 g/mol. The van der Waals surface area contributed by atoms with E-state index in [9.17, 15) is 14.0 Å². The summed E-state index contributed by atoms with van der Waals surface area (Å²) >= 11 is 5.96. The molecule has 0 fully saturated rings. The number of hydrogen-bond donors (Lipinski definition) is 0. The van der Waals surface area contributed by atoms with Crippen LogP contribution >= 0.6 is 11.6 Å². The van der Waals surface area contributed by atoms with Gasteiger partial charge in [0.1, 0.15) is 5.82 Å². The molecule has 1 heterocycles. The number of benzene rings is 2. The Hall–Kier alpha value is -2.20. The minimum atomic E-state index is -0.684. The largest absolute Gasteiger partial charge is 0.300 e. The fourth-order valence-corrected chi connectivity index (χ4v) is 2.51. The zero-order valence-electron chi connectivity index (χ0n) is 10.3. The van der Waals surface area contributed by atoms with Gasteiger partial charge in [-0.2, -0.15) is 0 Å². The zero-order valence-corrected chi connectivity index (χ0v) is 11.0. The second kappa shape index (κ2) is 4.72. The van der Waals surface area contributed by atoms with Crippen LogP contribution < -0.4 is 4.90 Å². The topological polar surface area (TPSA) is 37.4 Å². The fraction of sp³-hybridized carbons (Fsp3) is 0.0667. The predicted octanol–water partition coefficient (Wildman–Crippen LogP) is 3.21. The van der Waals surface area contributed by atoms with Gasteiger partial charge < -0.3 is 4.90 Å². The highest BCUT2D eigenvalue weighted by atomic mass is 35.5. The summed E-state index contributed by atoms with van der Waals surface area (Å²) in [6.45, 7) is 0.00455. The van der Waals surface area contributed by atoms with Crippen LogP contribution in [0.5, 0.6) is 0 Å². The van der Waals surface area contributed by atoms with Crippen LogP contribution in [0.2, 0.25) is 5.02 Å². The number of fused-ring (bicyclic) bond motifs is 1. The van der Waals surface area contributed by atoms with Crippen molar-refractivity contribution in [1.29, 1.82) is 0 Å². The van der Waals surface area contributed by atoms with Gasteiger partial charge in [0, 0.05) is 5.56 Å². The third-order valence-electron chi connectivity index (χ3n) is 3.24. The number of ketones is 1. The van der Waals surface area contributed by atoms with Crippen LogP contribution in [0.3, 0.4) is 0 Å². The zero-order chi connectivity index (χ0) is 14.3. The van der Waals surface area contributed by atoms with Crippen LogP contribution in [0.4, 0.5) is 10.1 Å². The Bertz CT molecular complexity index is 730. The highest BCUT2D eigenvalue weighted by Gasteiger charge is 2.37. The van der Waals surface area contributed by atoms with Crippen molar-refractivity contribution in [2.24, 2.45) is 0 Å². The molecule has 3 nitrogen and oxygen atoms in total. The second-order valence-corrected chi connectivity index (χ2v) is 4.85. The van der Waals surface area contributed by atoms with Gasteiger partial charge in [0.2, 0.25) is 0 Å². The number of halogens is 2. The number of hydrogen-bond acceptors (Lipinski definition) is 2. The van der Waals surface area contributed by atoms with Crippen LogP contribution in [0, 0.1) is 5.82 Å². The Balaban J connectivity index is 2.04. The lowest BCUT2D eigenvalue weighted by molar-refractivity contribution is -0.114. The molecule has 5 heteroatoms. The van der Waals surface area contributed by atoms with E-state index < -0.39 is 17.5 Å². The van der Waals surface area contributed by atoms with Crippen molar-refractivity contribution in [2.45, 2.75) is 6.54 Å². The molecule has 0 atom stereocenters. The minimum absolute atomic E-state index is 0.00455. The number of anilines is 1. The molecule has 0 saturated heterocycles. The number of amides is 1. The SMILES string of the molecule is O=C1C(=O)N(Cc2ccccc2F)c2cccc(Cl)c21. The Kier molecular flexibility index (Phi) is 3.03. The highest BCUT2D eigenvalue weighted by molar-refractivity contribution is 6.55. The Morgan fingerprint density at radius 1 is 1.05 bits per heavy atom. The van der Waals surface area contributed by atoms with Crippen molar-refractivity contribution in [2.75, 3.05) is 4.90 Å². The van der Waals surface area contributed by atoms with E-state index in [1.54, 1.807) is 36.4 Å². The van der Waals surface area contributed by atoms with Crippen LogP contribution in [0.15, 0.2) is 42.5 Å². The summed E-state index contributed by atoms with van der Waals surface area (Å²) in [5, 5.41) is 0.233. The quantitative estimate of drug-likeness (QED) is 0.796. The van der Waals surface area contributed by atoms with E-state index >= 15 is 0 Å². The average molecular weight is 290 g/mol. The van der Waals surface area contributed by atoms with Gasteiger partial charge in [-0.25, -0.2) is 4.39 Å². The molecule has 0 unspecified atom stereocenters. The molecule has 1 amide bonds. The van der Waals surface area contributed by atoms with Crippen LogP contribution in [0.1, 0.15) is 15.9 Å². The smallest absolute Gasteiger partial charge is 0.299 e. The molecule has 20 heavy (non-hydrogen) atoms. The van der Waals surface area contributed by atoms with Crippen LogP contribution in [0.25, 0.3) is 0 Å². The van der Waals surface area contributed by atoms with Crippen LogP contribution in [-0.4, -0.2) is 11.7 Å². The van der Waals surface area contributed by atoms with Crippen molar-refractivity contribution in [3.05, 3.63) is 64.4 Å². The lowest BCUT2D eigenvalue weighted by Gasteiger charge is -2.17. The molecule has 0 aliphatic carbocycles. The van der Waals surface area contributed by atoms with Crippen molar-refractivity contribution in [1.82, 2.24) is 0 Å². The van der Waals surface area contributed by atoms with Crippen LogP contribution in [-0.2, 0) is 11.3 Å². The molecule has 0 N–H and O–H groups in total. The third-order valence-corrected chi connectivity index (χ3v) is 3.55. The van der Waals surface area contributed by atoms with Gasteiger partial charge in [-0.3, -0.25) is 9.59 Å². The highest BCUT2D eigenvalue weighted by Crippen LogP contribution is 2.35. The van der Waals surface area contributed by atoms with Gasteiger partial charge in [-0.1, -0.05) is 35.9 Å². The van der Waals surface area contributed by atoms with E-state index in [1.807, 2.05) is 0 Å². The van der Waals surface area contributed by atoms with Crippen molar-refractivity contribution in [3.63, 3.8) is 0 Å². The summed E-state index contributed by atoms with van der Waals surface area (Å²) in [6, 6.07) is 11.0. The Labute approximate surface area is 119 Å². The summed E-state index contributed by atoms with van der Waals surface area (Å²) in [5.74, 6) is -1.75. The summed E-state index contributed by atoms with van der Waals surface area (Å²) < 4.78 is 13.7. The van der Waals surface area contributed by atoms with Gasteiger partial charge >= 0.3 is 0 Å². The van der Waals surface area contributed by atoms with Crippen molar-refractivity contribution >= 4 is 29.0 Å². The minimum Gasteiger partial charge on any atom is -0.300 e. The molecular weight excluding hydrogens is 281 g/mol. The molecule has 2 aromatic rings. The number of rotatable bonds is 2. The number of carbonyl (C=O) groups excluding carboxylic acids is 2. The third kappa shape index (κ3) is 1.89. The molecule has 2 aromatic carbocycles. The molecule has 0 bridgehead atoms. The number of nitrogens with zero attached hydrogens (tertiary/aromatic N) is 1. The van der Waals surface area contributed by atoms with Gasteiger partial charge in [0.15, 0.2) is 0 Å². The molecule has 3 rings (SSSR count). The predicted molar refractivity (Wildman–Crippen MR) is 73.4 cm³/mol. The molecule has 0 saturated carbocycles. The molecule has 100 valence electrons. The van der Waals surface area contributed by atoms with Crippen molar-refractivity contribution in [3.8, 4) is 0 Å². The molecule has 0 spiro atoms. The van der Waals surface area contributed by atoms with Gasteiger partial charge in [0.25, 0.3) is 11.7 Å². The normalized spacial score (nSPS) is 13.8. The number of carbonyl (C=O) groups is 2. The lowest BCUT2D eigenvalue weighted by atomic mass is 10.1. The standard InChI is InChI=1S/C15H9ClFNO2/c16-10-5-3-7-12-13(10)14(19)15(20)18(12)8-9-4-1-2-6-11(9)17/h1-7H,8H2. The first-order valence-electron chi connectivity index (χ1n) is 5.97. The van der Waals surface area contributed by atoms with Crippen molar-refractivity contribution < 1.29 is 14.0 Å².